The Morgan fingerprint density at radius 2 is 1.68 bits per heavy atom. The minimum absolute atomic E-state index is 0.0437. The summed E-state index contributed by atoms with van der Waals surface area (Å²) in [6.07, 6.45) is 3.05. The average molecular weight is 605 g/mol. The first-order chi connectivity index (χ1) is 20.8. The fourth-order valence-corrected chi connectivity index (χ4v) is 4.57. The number of carbonyl (C=O) groups is 4. The number of nitrogens with zero attached hydrogens (tertiary/aromatic N) is 3. The van der Waals surface area contributed by atoms with Gasteiger partial charge >= 0.3 is 6.09 Å². The Morgan fingerprint density at radius 3 is 2.41 bits per heavy atom. The molecule has 4 amide bonds. The van der Waals surface area contributed by atoms with E-state index >= 15 is 0 Å². The van der Waals surface area contributed by atoms with Gasteiger partial charge < -0.3 is 34.9 Å². The summed E-state index contributed by atoms with van der Waals surface area (Å²) in [6.45, 7) is 8.88. The predicted octanol–water partition coefficient (Wildman–Crippen LogP) is 3.42. The van der Waals surface area contributed by atoms with Crippen LogP contribution in [-0.2, 0) is 43.4 Å². The Balaban J connectivity index is 1.40. The zero-order valence-corrected chi connectivity index (χ0v) is 25.8. The highest BCUT2D eigenvalue weighted by Gasteiger charge is 2.34. The number of nitrogens with one attached hydrogen (secondary N) is 3. The predicted molar refractivity (Wildman–Crippen MR) is 165 cm³/mol. The van der Waals surface area contributed by atoms with Crippen LogP contribution in [0.25, 0.3) is 0 Å². The highest BCUT2D eigenvalue weighted by Crippen LogP contribution is 2.27. The van der Waals surface area contributed by atoms with Crippen molar-refractivity contribution in [2.24, 2.45) is 0 Å². The smallest absolute Gasteiger partial charge is 0.408 e. The first-order valence-electron chi connectivity index (χ1n) is 14.5. The molecule has 2 heterocycles. The second-order valence-corrected chi connectivity index (χ2v) is 12.1. The van der Waals surface area contributed by atoms with Gasteiger partial charge in [0.15, 0.2) is 5.82 Å². The Morgan fingerprint density at radius 1 is 0.977 bits per heavy atom. The molecule has 1 aromatic heterocycles. The van der Waals surface area contributed by atoms with Gasteiger partial charge in [-0.1, -0.05) is 48.5 Å². The van der Waals surface area contributed by atoms with Crippen LogP contribution in [0.5, 0.6) is 0 Å². The molecule has 44 heavy (non-hydrogen) atoms. The maximum Gasteiger partial charge on any atom is 0.408 e. The SMILES string of the molecule is CC(C)(C)OC(=O)NC(C)(C)C(=O)NC(COCc1ccccc1)C(=O)Nc1cn(CC(=O)N2CCc3ccccc32)cn1. The third kappa shape index (κ3) is 8.90. The quantitative estimate of drug-likeness (QED) is 0.304. The molecule has 0 saturated heterocycles. The van der Waals surface area contributed by atoms with E-state index < -0.39 is 35.1 Å². The van der Waals surface area contributed by atoms with Crippen LogP contribution in [0.3, 0.4) is 0 Å². The van der Waals surface area contributed by atoms with Crippen molar-refractivity contribution in [3.63, 3.8) is 0 Å². The molecule has 0 bridgehead atoms. The van der Waals surface area contributed by atoms with Crippen LogP contribution in [0, 0.1) is 0 Å². The number of para-hydroxylation sites is 1. The van der Waals surface area contributed by atoms with Crippen LogP contribution in [-0.4, -0.2) is 63.7 Å². The third-order valence-electron chi connectivity index (χ3n) is 6.79. The molecule has 2 aromatic carbocycles. The van der Waals surface area contributed by atoms with Crippen LogP contribution < -0.4 is 20.9 Å². The van der Waals surface area contributed by atoms with E-state index in [0.29, 0.717) is 6.54 Å². The van der Waals surface area contributed by atoms with Crippen molar-refractivity contribution in [1.29, 1.82) is 0 Å². The second kappa shape index (κ2) is 13.7. The fraction of sp³-hybridized carbons (Fsp3) is 0.406. The number of rotatable bonds is 11. The Bertz CT molecular complexity index is 1480. The molecular weight excluding hydrogens is 564 g/mol. The van der Waals surface area contributed by atoms with Crippen molar-refractivity contribution in [1.82, 2.24) is 20.2 Å². The Kier molecular flexibility index (Phi) is 10.0. The number of hydrogen-bond donors (Lipinski definition) is 3. The van der Waals surface area contributed by atoms with Crippen molar-refractivity contribution >= 4 is 35.3 Å². The minimum Gasteiger partial charge on any atom is -0.444 e. The summed E-state index contributed by atoms with van der Waals surface area (Å²) < 4.78 is 12.6. The molecule has 1 aliphatic rings. The molecule has 12 heteroatoms. The maximum absolute atomic E-state index is 13.4. The van der Waals surface area contributed by atoms with Crippen molar-refractivity contribution in [3.05, 3.63) is 78.2 Å². The fourth-order valence-electron chi connectivity index (χ4n) is 4.57. The molecule has 3 N–H and O–H groups in total. The Hall–Kier alpha value is -4.71. The minimum atomic E-state index is -1.41. The topological polar surface area (TPSA) is 144 Å². The number of alkyl carbamates (subject to hydrolysis) is 1. The van der Waals surface area contributed by atoms with E-state index in [9.17, 15) is 19.2 Å². The van der Waals surface area contributed by atoms with Gasteiger partial charge in [-0.05, 0) is 58.2 Å². The van der Waals surface area contributed by atoms with Gasteiger partial charge in [-0.15, -0.1) is 0 Å². The number of benzene rings is 2. The first-order valence-corrected chi connectivity index (χ1v) is 14.5. The average Bonchev–Trinajstić information content (AvgIpc) is 3.58. The molecule has 1 atom stereocenters. The lowest BCUT2D eigenvalue weighted by Gasteiger charge is -2.29. The van der Waals surface area contributed by atoms with Crippen LogP contribution >= 0.6 is 0 Å². The van der Waals surface area contributed by atoms with Gasteiger partial charge in [0.25, 0.3) is 5.91 Å². The summed E-state index contributed by atoms with van der Waals surface area (Å²) in [5.74, 6) is -1.08. The number of ether oxygens (including phenoxy) is 2. The highest BCUT2D eigenvalue weighted by atomic mass is 16.6. The molecule has 0 saturated carbocycles. The number of carbonyl (C=O) groups excluding carboxylic acids is 4. The number of aromatic nitrogens is 2. The number of imidazole rings is 1. The molecule has 0 spiro atoms. The van der Waals surface area contributed by atoms with Gasteiger partial charge in [0.1, 0.15) is 23.7 Å². The monoisotopic (exact) mass is 604 g/mol. The van der Waals surface area contributed by atoms with Crippen molar-refractivity contribution < 1.29 is 28.7 Å². The molecule has 4 rings (SSSR count). The molecule has 0 aliphatic carbocycles. The number of amides is 4. The van der Waals surface area contributed by atoms with Crippen molar-refractivity contribution in [2.45, 2.75) is 71.4 Å². The summed E-state index contributed by atoms with van der Waals surface area (Å²) in [7, 11) is 0. The zero-order chi connectivity index (χ0) is 31.9. The molecule has 12 nitrogen and oxygen atoms in total. The lowest BCUT2D eigenvalue weighted by atomic mass is 10.0. The second-order valence-electron chi connectivity index (χ2n) is 12.1. The molecule has 0 fully saturated rings. The zero-order valence-electron chi connectivity index (χ0n) is 25.8. The number of anilines is 2. The van der Waals surface area contributed by atoms with E-state index in [1.807, 2.05) is 54.6 Å². The number of hydrogen-bond acceptors (Lipinski definition) is 7. The number of fused-ring (bicyclic) bond motifs is 1. The van der Waals surface area contributed by atoms with Gasteiger partial charge in [0.2, 0.25) is 11.8 Å². The molecule has 1 aliphatic heterocycles. The van der Waals surface area contributed by atoms with Gasteiger partial charge in [0, 0.05) is 18.4 Å². The third-order valence-corrected chi connectivity index (χ3v) is 6.79. The molecule has 234 valence electrons. The summed E-state index contributed by atoms with van der Waals surface area (Å²) >= 11 is 0. The highest BCUT2D eigenvalue weighted by molar-refractivity contribution is 5.99. The maximum atomic E-state index is 13.4. The van der Waals surface area contributed by atoms with Crippen LogP contribution in [0.15, 0.2) is 67.1 Å². The van der Waals surface area contributed by atoms with E-state index in [1.165, 1.54) is 20.2 Å². The first kappa shape index (κ1) is 32.2. The molecule has 0 radical (unpaired) electrons. The molecule has 3 aromatic rings. The molecular formula is C32H40N6O6. The van der Waals surface area contributed by atoms with Crippen LogP contribution in [0.2, 0.25) is 0 Å². The van der Waals surface area contributed by atoms with Gasteiger partial charge in [-0.2, -0.15) is 0 Å². The lowest BCUT2D eigenvalue weighted by molar-refractivity contribution is -0.131. The van der Waals surface area contributed by atoms with Crippen molar-refractivity contribution in [3.8, 4) is 0 Å². The van der Waals surface area contributed by atoms with Gasteiger partial charge in [0.05, 0.1) is 19.5 Å². The lowest BCUT2D eigenvalue weighted by Crippen LogP contribution is -2.59. The summed E-state index contributed by atoms with van der Waals surface area (Å²) in [5, 5.41) is 7.91. The summed E-state index contributed by atoms with van der Waals surface area (Å²) in [4.78, 5) is 57.9. The van der Waals surface area contributed by atoms with E-state index in [2.05, 4.69) is 20.9 Å². The van der Waals surface area contributed by atoms with Gasteiger partial charge in [-0.25, -0.2) is 9.78 Å². The Labute approximate surface area is 257 Å². The van der Waals surface area contributed by atoms with E-state index in [0.717, 1.165) is 23.2 Å². The van der Waals surface area contributed by atoms with Gasteiger partial charge in [-0.3, -0.25) is 14.4 Å². The van der Waals surface area contributed by atoms with E-state index in [1.54, 1.807) is 36.4 Å². The largest absolute Gasteiger partial charge is 0.444 e. The van der Waals surface area contributed by atoms with E-state index in [4.69, 9.17) is 9.47 Å². The summed E-state index contributed by atoms with van der Waals surface area (Å²) in [5.41, 5.74) is 0.776. The standard InChI is InChI=1S/C32H40N6O6/c1-31(2,3)44-30(42)36-32(4,5)29(41)34-24(20-43-19-22-11-7-6-8-12-22)28(40)35-26-17-37(21-33-26)18-27(39)38-16-15-23-13-9-10-14-25(23)38/h6-14,17,21,24H,15-16,18-20H2,1-5H3,(H,34,41)(H,35,40)(H,36,42). The normalized spacial score (nSPS) is 13.5. The summed E-state index contributed by atoms with van der Waals surface area (Å²) in [6, 6.07) is 16.1. The van der Waals surface area contributed by atoms with Crippen LogP contribution in [0.4, 0.5) is 16.3 Å². The van der Waals surface area contributed by atoms with Crippen LogP contribution in [0.1, 0.15) is 45.7 Å². The van der Waals surface area contributed by atoms with E-state index in [-0.39, 0.29) is 31.5 Å². The van der Waals surface area contributed by atoms with Crippen molar-refractivity contribution in [2.75, 3.05) is 23.4 Å². The molecule has 1 unspecified atom stereocenters.